The number of nitrogens with two attached hydrogens (primary N) is 1. The number of nitrogens with one attached hydrogen (secondary N) is 1. The number of fused-ring (bicyclic) bond motifs is 2. The number of aromatic nitrogens is 5. The van der Waals surface area contributed by atoms with Crippen molar-refractivity contribution in [1.82, 2.24) is 29.0 Å². The highest BCUT2D eigenvalue weighted by Crippen LogP contribution is 2.44. The molecule has 1 saturated carbocycles. The van der Waals surface area contributed by atoms with Gasteiger partial charge in [-0.15, -0.1) is 0 Å². The number of amides is 2. The summed E-state index contributed by atoms with van der Waals surface area (Å²) in [6.07, 6.45) is 0.379. The summed E-state index contributed by atoms with van der Waals surface area (Å²) in [5.74, 6) is -0.429. The molecule has 3 N–H and O–H groups in total. The first-order valence-electron chi connectivity index (χ1n) is 13.1. The third-order valence-electron chi connectivity index (χ3n) is 7.97. The van der Waals surface area contributed by atoms with Gasteiger partial charge in [0.1, 0.15) is 17.7 Å². The molecule has 0 spiro atoms. The minimum absolute atomic E-state index is 0.0987. The molecule has 0 bridgehead atoms. The fourth-order valence-corrected chi connectivity index (χ4v) is 6.05. The minimum Gasteiger partial charge on any atom is -0.382 e. The second kappa shape index (κ2) is 10.1. The van der Waals surface area contributed by atoms with Crippen LogP contribution in [0.1, 0.15) is 34.8 Å². The molecule has 1 saturated heterocycles. The Hall–Kier alpha value is -5.01. The van der Waals surface area contributed by atoms with Crippen LogP contribution < -0.4 is 16.7 Å². The number of hydrogen-bond acceptors (Lipinski definition) is 7. The number of nitrogen functional groups attached to an aromatic ring is 1. The zero-order valence-corrected chi connectivity index (χ0v) is 22.1. The quantitative estimate of drug-likeness (QED) is 0.346. The van der Waals surface area contributed by atoms with Crippen molar-refractivity contribution in [2.24, 2.45) is 11.8 Å². The van der Waals surface area contributed by atoms with Crippen LogP contribution in [0, 0.1) is 11.8 Å². The van der Waals surface area contributed by atoms with E-state index in [0.29, 0.717) is 42.8 Å². The van der Waals surface area contributed by atoms with Gasteiger partial charge in [-0.3, -0.25) is 18.7 Å². The summed E-state index contributed by atoms with van der Waals surface area (Å²) in [5, 5.41) is 2.36. The minimum atomic E-state index is -4.58. The summed E-state index contributed by atoms with van der Waals surface area (Å²) in [5.41, 5.74) is 6.16. The monoisotopic (exact) mass is 578 g/mol. The highest BCUT2D eigenvalue weighted by atomic mass is 19.4. The molecule has 11 nitrogen and oxygen atoms in total. The number of rotatable bonds is 5. The van der Waals surface area contributed by atoms with E-state index in [1.54, 1.807) is 9.47 Å². The first-order valence-corrected chi connectivity index (χ1v) is 13.1. The Morgan fingerprint density at radius 3 is 2.38 bits per heavy atom. The summed E-state index contributed by atoms with van der Waals surface area (Å²) in [6, 6.07) is 7.36. The first kappa shape index (κ1) is 27.2. The number of carbonyl (C=O) groups is 2. The van der Waals surface area contributed by atoms with Crippen molar-refractivity contribution in [3.63, 3.8) is 0 Å². The number of nitrogens with zero attached hydrogens (tertiary/aromatic N) is 6. The number of carbonyl (C=O) groups excluding carboxylic acids is 2. The SMILES string of the molecule is C=CC(=O)N1CC2CC(n3c(=O)n(-c4ccc(C(=O)Nc5cc(C(F)(F)F)ccn5)cc4)c4c(N)ncnc43)CC2C1. The highest BCUT2D eigenvalue weighted by molar-refractivity contribution is 6.04. The number of likely N-dealkylation sites (tertiary alicyclic amines) is 1. The van der Waals surface area contributed by atoms with E-state index in [1.165, 1.54) is 41.2 Å². The lowest BCUT2D eigenvalue weighted by Crippen LogP contribution is -2.30. The molecule has 0 radical (unpaired) electrons. The Balaban J connectivity index is 1.28. The molecule has 3 aromatic heterocycles. The van der Waals surface area contributed by atoms with Gasteiger partial charge in [-0.2, -0.15) is 13.2 Å². The molecule has 2 unspecified atom stereocenters. The fourth-order valence-electron chi connectivity index (χ4n) is 6.05. The fraction of sp³-hybridized carbons (Fsp3) is 0.286. The maximum absolute atomic E-state index is 13.9. The van der Waals surface area contributed by atoms with Crippen molar-refractivity contribution in [2.45, 2.75) is 25.1 Å². The summed E-state index contributed by atoms with van der Waals surface area (Å²) in [4.78, 5) is 52.7. The first-order chi connectivity index (χ1) is 20.0. The second-order valence-electron chi connectivity index (χ2n) is 10.4. The van der Waals surface area contributed by atoms with Gasteiger partial charge < -0.3 is 16.0 Å². The van der Waals surface area contributed by atoms with E-state index >= 15 is 0 Å². The van der Waals surface area contributed by atoms with Gasteiger partial charge in [0.15, 0.2) is 11.5 Å². The van der Waals surface area contributed by atoms with E-state index in [-0.39, 0.29) is 46.7 Å². The molecular weight excluding hydrogens is 553 g/mol. The summed E-state index contributed by atoms with van der Waals surface area (Å²) in [6.45, 7) is 4.78. The third kappa shape index (κ3) is 4.67. The molecule has 2 atom stereocenters. The Kier molecular flexibility index (Phi) is 6.55. The van der Waals surface area contributed by atoms with Crippen LogP contribution in [0.4, 0.5) is 24.8 Å². The molecule has 1 aliphatic heterocycles. The lowest BCUT2D eigenvalue weighted by molar-refractivity contribution is -0.137. The van der Waals surface area contributed by atoms with Gasteiger partial charge >= 0.3 is 11.9 Å². The Labute approximate surface area is 236 Å². The summed E-state index contributed by atoms with van der Waals surface area (Å²) in [7, 11) is 0. The molecule has 42 heavy (non-hydrogen) atoms. The maximum atomic E-state index is 13.9. The van der Waals surface area contributed by atoms with E-state index in [2.05, 4.69) is 26.8 Å². The number of imidazole rings is 1. The van der Waals surface area contributed by atoms with Gasteiger partial charge in [-0.05, 0) is 67.2 Å². The number of hydrogen-bond donors (Lipinski definition) is 2. The van der Waals surface area contributed by atoms with E-state index in [4.69, 9.17) is 5.73 Å². The van der Waals surface area contributed by atoms with E-state index in [0.717, 1.165) is 18.3 Å². The van der Waals surface area contributed by atoms with Gasteiger partial charge in [0, 0.05) is 30.9 Å². The van der Waals surface area contributed by atoms with Crippen molar-refractivity contribution in [3.05, 3.63) is 83.2 Å². The van der Waals surface area contributed by atoms with Crippen LogP contribution in [0.3, 0.4) is 0 Å². The number of pyridine rings is 1. The number of halogens is 3. The van der Waals surface area contributed by atoms with Crippen LogP contribution in [0.25, 0.3) is 16.9 Å². The van der Waals surface area contributed by atoms with Gasteiger partial charge in [0.2, 0.25) is 5.91 Å². The van der Waals surface area contributed by atoms with Crippen LogP contribution in [0.5, 0.6) is 0 Å². The topological polar surface area (TPSA) is 141 Å². The molecule has 1 aliphatic carbocycles. The van der Waals surface area contributed by atoms with Crippen molar-refractivity contribution in [1.29, 1.82) is 0 Å². The smallest absolute Gasteiger partial charge is 0.382 e. The predicted octanol–water partition coefficient (Wildman–Crippen LogP) is 3.43. The molecule has 4 heterocycles. The van der Waals surface area contributed by atoms with Crippen LogP contribution in [-0.4, -0.2) is 53.9 Å². The summed E-state index contributed by atoms with van der Waals surface area (Å²) >= 11 is 0. The molecule has 2 amide bonds. The summed E-state index contributed by atoms with van der Waals surface area (Å²) < 4.78 is 42.1. The van der Waals surface area contributed by atoms with E-state index in [9.17, 15) is 27.6 Å². The molecule has 14 heteroatoms. The predicted molar refractivity (Wildman–Crippen MR) is 147 cm³/mol. The van der Waals surface area contributed by atoms with Crippen LogP contribution in [-0.2, 0) is 11.0 Å². The number of alkyl halides is 3. The molecule has 6 rings (SSSR count). The van der Waals surface area contributed by atoms with Gasteiger partial charge in [-0.25, -0.2) is 19.7 Å². The molecule has 4 aromatic rings. The molecule has 2 aliphatic rings. The lowest BCUT2D eigenvalue weighted by atomic mass is 10.0. The Morgan fingerprint density at radius 2 is 1.74 bits per heavy atom. The Bertz CT molecular complexity index is 1770. The number of anilines is 2. The van der Waals surface area contributed by atoms with Gasteiger partial charge in [-0.1, -0.05) is 6.58 Å². The standard InChI is InChI=1S/C28H25F3N8O3/c1-2-22(40)37-12-16-9-20(10-17(16)13-37)39-25-23(24(32)34-14-35-25)38(27(39)42)19-5-3-15(4-6-19)26(41)36-21-11-18(7-8-33-21)28(29,30)31/h2-8,11,14,16-17,20H,1,9-10,12-13H2,(H2,32,34,35)(H,33,36,41). The van der Waals surface area contributed by atoms with Crippen molar-refractivity contribution < 1.29 is 22.8 Å². The van der Waals surface area contributed by atoms with Gasteiger partial charge in [0.05, 0.1) is 11.3 Å². The maximum Gasteiger partial charge on any atom is 0.416 e. The van der Waals surface area contributed by atoms with E-state index < -0.39 is 17.6 Å². The van der Waals surface area contributed by atoms with Crippen molar-refractivity contribution in [2.75, 3.05) is 24.1 Å². The van der Waals surface area contributed by atoms with Gasteiger partial charge in [0.25, 0.3) is 5.91 Å². The van der Waals surface area contributed by atoms with Crippen molar-refractivity contribution >= 4 is 34.6 Å². The average Bonchev–Trinajstić information content (AvgIpc) is 3.62. The average molecular weight is 579 g/mol. The van der Waals surface area contributed by atoms with Crippen LogP contribution in [0.2, 0.25) is 0 Å². The van der Waals surface area contributed by atoms with Crippen LogP contribution in [0.15, 0.2) is 66.4 Å². The Morgan fingerprint density at radius 1 is 1.05 bits per heavy atom. The normalized spacial score (nSPS) is 20.1. The zero-order valence-electron chi connectivity index (χ0n) is 22.1. The lowest BCUT2D eigenvalue weighted by Gasteiger charge is -2.18. The molecule has 1 aromatic carbocycles. The number of benzene rings is 1. The molecule has 216 valence electrons. The third-order valence-corrected chi connectivity index (χ3v) is 7.97. The second-order valence-corrected chi connectivity index (χ2v) is 10.4. The van der Waals surface area contributed by atoms with Crippen LogP contribution >= 0.6 is 0 Å². The molecular formula is C28H25F3N8O3. The highest BCUT2D eigenvalue weighted by Gasteiger charge is 2.43. The largest absolute Gasteiger partial charge is 0.416 e. The van der Waals surface area contributed by atoms with Crippen molar-refractivity contribution in [3.8, 4) is 5.69 Å². The van der Waals surface area contributed by atoms with E-state index in [1.807, 2.05) is 0 Å². The zero-order chi connectivity index (χ0) is 29.8. The molecule has 2 fully saturated rings.